The maximum atomic E-state index is 7.86. The quantitative estimate of drug-likeness (QED) is 0.671. The van der Waals surface area contributed by atoms with Crippen LogP contribution in [0.4, 0.5) is 11.5 Å². The summed E-state index contributed by atoms with van der Waals surface area (Å²) in [6.07, 6.45) is 3.19. The van der Waals surface area contributed by atoms with E-state index in [-0.39, 0.29) is 5.84 Å². The molecule has 1 aromatic heterocycles. The number of nitrogen functional groups attached to an aromatic ring is 1. The summed E-state index contributed by atoms with van der Waals surface area (Å²) in [6, 6.07) is 10.2. The summed E-state index contributed by atoms with van der Waals surface area (Å²) >= 11 is 0. The first kappa shape index (κ1) is 13.6. The van der Waals surface area contributed by atoms with E-state index in [1.807, 2.05) is 30.1 Å². The van der Waals surface area contributed by atoms with Gasteiger partial charge in [0.05, 0.1) is 5.56 Å². The molecule has 1 aromatic carbocycles. The van der Waals surface area contributed by atoms with E-state index in [0.29, 0.717) is 0 Å². The molecular weight excluding hydrogens is 260 g/mol. The third-order valence-corrected chi connectivity index (χ3v) is 4.12. The van der Waals surface area contributed by atoms with Gasteiger partial charge < -0.3 is 10.6 Å². The van der Waals surface area contributed by atoms with Crippen LogP contribution in [0.1, 0.15) is 28.8 Å². The van der Waals surface area contributed by atoms with Crippen molar-refractivity contribution in [2.24, 2.45) is 5.73 Å². The fraction of sp³-hybridized carbons (Fsp3) is 0.294. The van der Waals surface area contributed by atoms with Gasteiger partial charge in [-0.25, -0.2) is 4.98 Å². The zero-order valence-electron chi connectivity index (χ0n) is 12.5. The number of para-hydroxylation sites is 1. The van der Waals surface area contributed by atoms with Crippen molar-refractivity contribution in [1.29, 1.82) is 5.41 Å². The Hall–Kier alpha value is -2.36. The molecule has 1 aliphatic carbocycles. The van der Waals surface area contributed by atoms with E-state index < -0.39 is 0 Å². The Balaban J connectivity index is 2.13. The van der Waals surface area contributed by atoms with Gasteiger partial charge in [-0.15, -0.1) is 0 Å². The highest BCUT2D eigenvalue weighted by atomic mass is 15.2. The Bertz CT molecular complexity index is 706. The number of nitrogens with two attached hydrogens (primary N) is 1. The van der Waals surface area contributed by atoms with E-state index in [2.05, 4.69) is 19.1 Å². The number of rotatable bonds is 3. The van der Waals surface area contributed by atoms with Gasteiger partial charge in [-0.2, -0.15) is 0 Å². The van der Waals surface area contributed by atoms with Gasteiger partial charge in [-0.05, 0) is 49.4 Å². The van der Waals surface area contributed by atoms with Crippen LogP contribution in [0.3, 0.4) is 0 Å². The van der Waals surface area contributed by atoms with Gasteiger partial charge in [0, 0.05) is 18.4 Å². The number of nitrogens with zero attached hydrogens (tertiary/aromatic N) is 2. The van der Waals surface area contributed by atoms with Crippen molar-refractivity contribution >= 4 is 17.3 Å². The number of amidine groups is 1. The molecule has 0 fully saturated rings. The van der Waals surface area contributed by atoms with Gasteiger partial charge in [0.1, 0.15) is 11.7 Å². The molecule has 0 bridgehead atoms. The van der Waals surface area contributed by atoms with Crippen molar-refractivity contribution in [2.45, 2.75) is 26.2 Å². The topological polar surface area (TPSA) is 66.0 Å². The molecule has 3 N–H and O–H groups in total. The highest BCUT2D eigenvalue weighted by Crippen LogP contribution is 2.31. The van der Waals surface area contributed by atoms with Gasteiger partial charge in [0.25, 0.3) is 0 Å². The molecule has 0 saturated carbocycles. The lowest BCUT2D eigenvalue weighted by Crippen LogP contribution is -2.21. The summed E-state index contributed by atoms with van der Waals surface area (Å²) in [5.41, 5.74) is 11.2. The molecular formula is C17H20N4. The van der Waals surface area contributed by atoms with Gasteiger partial charge in [0.15, 0.2) is 0 Å². The zero-order chi connectivity index (χ0) is 15.0. The standard InChI is InChI=1S/C17H20N4/c1-11-6-3-4-9-15(11)21(2)17-13(16(18)19)10-12-7-5-8-14(12)20-17/h3-4,6,9-10H,5,7-8H2,1-2H3,(H3,18,19). The third-order valence-electron chi connectivity index (χ3n) is 4.12. The minimum atomic E-state index is 0.0765. The number of aromatic nitrogens is 1. The SMILES string of the molecule is Cc1ccccc1N(C)c1nc2c(cc1C(=N)N)CCC2. The predicted octanol–water partition coefficient (Wildman–Crippen LogP) is 2.93. The molecule has 4 heteroatoms. The Kier molecular flexibility index (Phi) is 3.37. The molecule has 1 heterocycles. The number of hydrogen-bond acceptors (Lipinski definition) is 3. The number of aryl methyl sites for hydroxylation is 3. The van der Waals surface area contributed by atoms with Crippen molar-refractivity contribution in [1.82, 2.24) is 4.98 Å². The summed E-state index contributed by atoms with van der Waals surface area (Å²) in [5.74, 6) is 0.852. The minimum Gasteiger partial charge on any atom is -0.384 e. The van der Waals surface area contributed by atoms with Gasteiger partial charge >= 0.3 is 0 Å². The lowest BCUT2D eigenvalue weighted by Gasteiger charge is -2.23. The summed E-state index contributed by atoms with van der Waals surface area (Å²) < 4.78 is 0. The van der Waals surface area contributed by atoms with Crippen LogP contribution in [0.5, 0.6) is 0 Å². The second-order valence-corrected chi connectivity index (χ2v) is 5.58. The average molecular weight is 280 g/mol. The van der Waals surface area contributed by atoms with Crippen LogP contribution in [0.25, 0.3) is 0 Å². The van der Waals surface area contributed by atoms with Crippen LogP contribution in [0, 0.1) is 12.3 Å². The molecule has 0 radical (unpaired) electrons. The maximum absolute atomic E-state index is 7.86. The number of nitrogens with one attached hydrogen (secondary N) is 1. The molecule has 1 aliphatic rings. The lowest BCUT2D eigenvalue weighted by atomic mass is 10.1. The van der Waals surface area contributed by atoms with Crippen molar-refractivity contribution < 1.29 is 0 Å². The largest absolute Gasteiger partial charge is 0.384 e. The Morgan fingerprint density at radius 2 is 2.05 bits per heavy atom. The van der Waals surface area contributed by atoms with E-state index in [9.17, 15) is 0 Å². The van der Waals surface area contributed by atoms with Gasteiger partial charge in [-0.1, -0.05) is 18.2 Å². The molecule has 0 atom stereocenters. The smallest absolute Gasteiger partial charge is 0.144 e. The molecule has 4 nitrogen and oxygen atoms in total. The van der Waals surface area contributed by atoms with E-state index in [1.165, 1.54) is 11.1 Å². The number of anilines is 2. The first-order valence-electron chi connectivity index (χ1n) is 7.24. The molecule has 2 aromatic rings. The molecule has 0 amide bonds. The summed E-state index contributed by atoms with van der Waals surface area (Å²) in [6.45, 7) is 2.08. The molecule has 21 heavy (non-hydrogen) atoms. The minimum absolute atomic E-state index is 0.0765. The first-order valence-corrected chi connectivity index (χ1v) is 7.24. The Morgan fingerprint density at radius 3 is 2.76 bits per heavy atom. The van der Waals surface area contributed by atoms with Crippen LogP contribution in [-0.2, 0) is 12.8 Å². The highest BCUT2D eigenvalue weighted by molar-refractivity contribution is 6.00. The Morgan fingerprint density at radius 1 is 1.29 bits per heavy atom. The number of fused-ring (bicyclic) bond motifs is 1. The predicted molar refractivity (Wildman–Crippen MR) is 86.5 cm³/mol. The van der Waals surface area contributed by atoms with Crippen LogP contribution in [0.2, 0.25) is 0 Å². The molecule has 3 rings (SSSR count). The third kappa shape index (κ3) is 2.37. The molecule has 0 saturated heterocycles. The highest BCUT2D eigenvalue weighted by Gasteiger charge is 2.20. The number of hydrogen-bond donors (Lipinski definition) is 2. The summed E-state index contributed by atoms with van der Waals surface area (Å²) in [7, 11) is 1.98. The fourth-order valence-electron chi connectivity index (χ4n) is 2.97. The van der Waals surface area contributed by atoms with E-state index in [1.54, 1.807) is 0 Å². The molecule has 0 spiro atoms. The molecule has 0 unspecified atom stereocenters. The van der Waals surface area contributed by atoms with E-state index >= 15 is 0 Å². The van der Waals surface area contributed by atoms with E-state index in [4.69, 9.17) is 16.1 Å². The van der Waals surface area contributed by atoms with Crippen LogP contribution in [-0.4, -0.2) is 17.9 Å². The van der Waals surface area contributed by atoms with Gasteiger partial charge in [0.2, 0.25) is 0 Å². The van der Waals surface area contributed by atoms with Crippen molar-refractivity contribution in [3.8, 4) is 0 Å². The Labute approximate surface area is 125 Å². The van der Waals surface area contributed by atoms with Crippen LogP contribution in [0.15, 0.2) is 30.3 Å². The monoisotopic (exact) mass is 280 g/mol. The maximum Gasteiger partial charge on any atom is 0.144 e. The summed E-state index contributed by atoms with van der Waals surface area (Å²) in [5, 5.41) is 7.86. The van der Waals surface area contributed by atoms with Crippen molar-refractivity contribution in [2.75, 3.05) is 11.9 Å². The fourth-order valence-corrected chi connectivity index (χ4v) is 2.97. The number of benzene rings is 1. The van der Waals surface area contributed by atoms with Crippen LogP contribution < -0.4 is 10.6 Å². The lowest BCUT2D eigenvalue weighted by molar-refractivity contribution is 0.898. The first-order chi connectivity index (χ1) is 10.1. The zero-order valence-corrected chi connectivity index (χ0v) is 12.5. The second-order valence-electron chi connectivity index (χ2n) is 5.58. The molecule has 108 valence electrons. The van der Waals surface area contributed by atoms with E-state index in [0.717, 1.165) is 42.0 Å². The summed E-state index contributed by atoms with van der Waals surface area (Å²) in [4.78, 5) is 6.83. The average Bonchev–Trinajstić information content (AvgIpc) is 2.93. The number of pyridine rings is 1. The van der Waals surface area contributed by atoms with Crippen LogP contribution >= 0.6 is 0 Å². The van der Waals surface area contributed by atoms with Crippen molar-refractivity contribution in [3.63, 3.8) is 0 Å². The van der Waals surface area contributed by atoms with Gasteiger partial charge in [-0.3, -0.25) is 5.41 Å². The normalized spacial score (nSPS) is 13.0. The second kappa shape index (κ2) is 5.20. The molecule has 0 aliphatic heterocycles. The van der Waals surface area contributed by atoms with Crippen molar-refractivity contribution in [3.05, 3.63) is 52.7 Å².